The monoisotopic (exact) mass is 301 g/mol. The lowest BCUT2D eigenvalue weighted by Gasteiger charge is -2.36. The van der Waals surface area contributed by atoms with Crippen molar-refractivity contribution in [2.75, 3.05) is 27.7 Å². The Morgan fingerprint density at radius 2 is 2.00 bits per heavy atom. The Balaban J connectivity index is 0.00000361. The maximum absolute atomic E-state index is 11.1. The molecule has 0 amide bonds. The summed E-state index contributed by atoms with van der Waals surface area (Å²) >= 11 is 0. The van der Waals surface area contributed by atoms with Gasteiger partial charge >= 0.3 is 0 Å². The van der Waals surface area contributed by atoms with Gasteiger partial charge < -0.3 is 14.7 Å². The summed E-state index contributed by atoms with van der Waals surface area (Å²) < 4.78 is 5.27. The van der Waals surface area contributed by atoms with E-state index in [1.165, 1.54) is 0 Å². The summed E-state index contributed by atoms with van der Waals surface area (Å²) in [6, 6.07) is 7.79. The van der Waals surface area contributed by atoms with Crippen LogP contribution in [0, 0.1) is 5.92 Å². The lowest BCUT2D eigenvalue weighted by atomic mass is 9.78. The molecule has 4 heteroatoms. The largest absolute Gasteiger partial charge is 0.497 e. The second kappa shape index (κ2) is 8.50. The van der Waals surface area contributed by atoms with Crippen molar-refractivity contribution in [1.82, 2.24) is 4.90 Å². The average Bonchev–Trinajstić information content (AvgIpc) is 2.38. The average molecular weight is 302 g/mol. The van der Waals surface area contributed by atoms with Crippen LogP contribution in [-0.4, -0.2) is 37.8 Å². The molecular formula is C16H28ClNO2. The van der Waals surface area contributed by atoms with Gasteiger partial charge in [-0.2, -0.15) is 0 Å². The molecule has 0 spiro atoms. The van der Waals surface area contributed by atoms with E-state index in [1.807, 2.05) is 38.4 Å². The highest BCUT2D eigenvalue weighted by atomic mass is 35.5. The minimum atomic E-state index is -0.798. The Morgan fingerprint density at radius 1 is 1.35 bits per heavy atom. The van der Waals surface area contributed by atoms with Crippen LogP contribution in [0.2, 0.25) is 0 Å². The molecule has 0 saturated carbocycles. The predicted octanol–water partition coefficient (Wildman–Crippen LogP) is 3.30. The van der Waals surface area contributed by atoms with E-state index in [-0.39, 0.29) is 18.3 Å². The summed E-state index contributed by atoms with van der Waals surface area (Å²) in [5.41, 5.74) is 0.149. The molecule has 0 bridgehead atoms. The molecule has 0 aliphatic heterocycles. The first-order chi connectivity index (χ1) is 8.93. The summed E-state index contributed by atoms with van der Waals surface area (Å²) in [6.45, 7) is 5.07. The second-order valence-electron chi connectivity index (χ2n) is 5.57. The summed E-state index contributed by atoms with van der Waals surface area (Å²) in [4.78, 5) is 2.12. The highest BCUT2D eigenvalue weighted by Gasteiger charge is 2.35. The maximum atomic E-state index is 11.1. The molecule has 1 N–H and O–H groups in total. The summed E-state index contributed by atoms with van der Waals surface area (Å²) in [5.74, 6) is 0.957. The van der Waals surface area contributed by atoms with Crippen molar-refractivity contribution < 1.29 is 9.84 Å². The molecule has 1 rings (SSSR count). The Morgan fingerprint density at radius 3 is 2.50 bits per heavy atom. The van der Waals surface area contributed by atoms with E-state index in [9.17, 15) is 5.11 Å². The molecule has 0 aromatic heterocycles. The van der Waals surface area contributed by atoms with Crippen molar-refractivity contribution in [2.45, 2.75) is 32.3 Å². The van der Waals surface area contributed by atoms with Crippen molar-refractivity contribution >= 4 is 12.4 Å². The molecule has 20 heavy (non-hydrogen) atoms. The van der Waals surface area contributed by atoms with E-state index in [2.05, 4.69) is 18.7 Å². The molecule has 2 atom stereocenters. The molecule has 2 unspecified atom stereocenters. The smallest absolute Gasteiger partial charge is 0.119 e. The van der Waals surface area contributed by atoms with E-state index >= 15 is 0 Å². The van der Waals surface area contributed by atoms with Crippen LogP contribution < -0.4 is 4.74 Å². The van der Waals surface area contributed by atoms with Crippen LogP contribution in [0.25, 0.3) is 0 Å². The molecule has 0 saturated heterocycles. The summed E-state index contributed by atoms with van der Waals surface area (Å²) in [6.07, 6.45) is 1.71. The maximum Gasteiger partial charge on any atom is 0.119 e. The van der Waals surface area contributed by atoms with Crippen molar-refractivity contribution in [3.05, 3.63) is 29.8 Å². The third kappa shape index (κ3) is 4.65. The van der Waals surface area contributed by atoms with Crippen molar-refractivity contribution in [1.29, 1.82) is 0 Å². The van der Waals surface area contributed by atoms with E-state index in [0.717, 1.165) is 30.7 Å². The van der Waals surface area contributed by atoms with E-state index in [1.54, 1.807) is 7.11 Å². The highest BCUT2D eigenvalue weighted by Crippen LogP contribution is 2.36. The number of hydrogen-bond donors (Lipinski definition) is 1. The molecule has 0 fully saturated rings. The van der Waals surface area contributed by atoms with Gasteiger partial charge in [0, 0.05) is 12.5 Å². The van der Waals surface area contributed by atoms with Crippen LogP contribution >= 0.6 is 12.4 Å². The molecule has 1 aromatic rings. The Labute approximate surface area is 129 Å². The first kappa shape index (κ1) is 19.2. The lowest BCUT2D eigenvalue weighted by Crippen LogP contribution is -2.39. The predicted molar refractivity (Wildman–Crippen MR) is 86.8 cm³/mol. The summed E-state index contributed by atoms with van der Waals surface area (Å²) in [5, 5.41) is 11.1. The minimum absolute atomic E-state index is 0. The molecule has 0 aliphatic carbocycles. The molecule has 0 heterocycles. The van der Waals surface area contributed by atoms with Crippen LogP contribution in [0.3, 0.4) is 0 Å². The summed E-state index contributed by atoms with van der Waals surface area (Å²) in [7, 11) is 5.73. The Bertz CT molecular complexity index is 398. The number of ether oxygens (including phenoxy) is 1. The van der Waals surface area contributed by atoms with Gasteiger partial charge in [-0.25, -0.2) is 0 Å². The van der Waals surface area contributed by atoms with Gasteiger partial charge in [-0.05, 0) is 38.2 Å². The topological polar surface area (TPSA) is 32.7 Å². The molecule has 0 radical (unpaired) electrons. The van der Waals surface area contributed by atoms with Gasteiger partial charge in [0.15, 0.2) is 0 Å². The van der Waals surface area contributed by atoms with Gasteiger partial charge in [-0.15, -0.1) is 12.4 Å². The zero-order chi connectivity index (χ0) is 14.5. The Kier molecular flexibility index (Phi) is 8.17. The standard InChI is InChI=1S/C16H27NO2.ClH/c1-6-10-16(18,13(2)12-17(3)4)14-8-7-9-15(11-14)19-5;/h7-9,11,13,18H,6,10,12H2,1-5H3;1H. The van der Waals surface area contributed by atoms with Crippen LogP contribution in [0.15, 0.2) is 24.3 Å². The van der Waals surface area contributed by atoms with Gasteiger partial charge in [-0.3, -0.25) is 0 Å². The fraction of sp³-hybridized carbons (Fsp3) is 0.625. The molecule has 3 nitrogen and oxygen atoms in total. The van der Waals surface area contributed by atoms with Gasteiger partial charge in [0.05, 0.1) is 12.7 Å². The van der Waals surface area contributed by atoms with E-state index in [0.29, 0.717) is 0 Å². The van der Waals surface area contributed by atoms with Crippen LogP contribution in [0.1, 0.15) is 32.3 Å². The number of halogens is 1. The number of nitrogens with zero attached hydrogens (tertiary/aromatic N) is 1. The van der Waals surface area contributed by atoms with Crippen molar-refractivity contribution in [3.63, 3.8) is 0 Å². The van der Waals surface area contributed by atoms with Crippen LogP contribution in [0.5, 0.6) is 5.75 Å². The zero-order valence-electron chi connectivity index (χ0n) is 13.2. The number of methoxy groups -OCH3 is 1. The van der Waals surface area contributed by atoms with Gasteiger partial charge in [0.1, 0.15) is 5.75 Å². The normalized spacial score (nSPS) is 15.3. The zero-order valence-corrected chi connectivity index (χ0v) is 14.0. The van der Waals surface area contributed by atoms with Crippen molar-refractivity contribution in [3.8, 4) is 5.75 Å². The number of hydrogen-bond acceptors (Lipinski definition) is 3. The van der Waals surface area contributed by atoms with E-state index < -0.39 is 5.60 Å². The third-order valence-corrected chi connectivity index (χ3v) is 3.66. The fourth-order valence-electron chi connectivity index (χ4n) is 2.65. The van der Waals surface area contributed by atoms with Gasteiger partial charge in [0.25, 0.3) is 0 Å². The van der Waals surface area contributed by atoms with Crippen molar-refractivity contribution in [2.24, 2.45) is 5.92 Å². The molecular weight excluding hydrogens is 274 g/mol. The first-order valence-corrected chi connectivity index (χ1v) is 6.95. The lowest BCUT2D eigenvalue weighted by molar-refractivity contribution is -0.0340. The van der Waals surface area contributed by atoms with Gasteiger partial charge in [0.2, 0.25) is 0 Å². The first-order valence-electron chi connectivity index (χ1n) is 6.95. The van der Waals surface area contributed by atoms with Crippen LogP contribution in [0.4, 0.5) is 0 Å². The SMILES string of the molecule is CCCC(O)(c1cccc(OC)c1)C(C)CN(C)C.Cl. The van der Waals surface area contributed by atoms with Crippen LogP contribution in [-0.2, 0) is 5.60 Å². The van der Waals surface area contributed by atoms with Gasteiger partial charge in [-0.1, -0.05) is 32.4 Å². The number of benzene rings is 1. The Hall–Kier alpha value is -0.770. The highest BCUT2D eigenvalue weighted by molar-refractivity contribution is 5.85. The van der Waals surface area contributed by atoms with E-state index in [4.69, 9.17) is 4.74 Å². The molecule has 1 aromatic carbocycles. The second-order valence-corrected chi connectivity index (χ2v) is 5.57. The quantitative estimate of drug-likeness (QED) is 0.839. The number of aliphatic hydroxyl groups is 1. The fourth-order valence-corrected chi connectivity index (χ4v) is 2.65. The minimum Gasteiger partial charge on any atom is -0.497 e. The molecule has 116 valence electrons. The number of rotatable bonds is 7. The molecule has 0 aliphatic rings. The third-order valence-electron chi connectivity index (χ3n) is 3.66.